The Balaban J connectivity index is 2.11. The fourth-order valence-corrected chi connectivity index (χ4v) is 3.91. The second-order valence-electron chi connectivity index (χ2n) is 4.48. The molecule has 1 aromatic heterocycles. The summed E-state index contributed by atoms with van der Waals surface area (Å²) in [4.78, 5) is 4.06. The van der Waals surface area contributed by atoms with Gasteiger partial charge in [0.2, 0.25) is 0 Å². The lowest BCUT2D eigenvalue weighted by Crippen LogP contribution is -2.29. The molecule has 0 bridgehead atoms. The van der Waals surface area contributed by atoms with E-state index in [1.807, 2.05) is 0 Å². The number of nitrogens with zero attached hydrogens (tertiary/aromatic N) is 1. The monoisotopic (exact) mass is 270 g/mol. The molecule has 1 aliphatic rings. The summed E-state index contributed by atoms with van der Waals surface area (Å²) >= 11 is 0. The predicted octanol–water partition coefficient (Wildman–Crippen LogP) is 0.634. The largest absolute Gasteiger partial charge is 0.381 e. The van der Waals surface area contributed by atoms with Crippen molar-refractivity contribution < 1.29 is 13.2 Å². The normalized spacial score (nSPS) is 17.8. The Labute approximate surface area is 107 Å². The van der Waals surface area contributed by atoms with E-state index in [1.54, 1.807) is 18.3 Å². The van der Waals surface area contributed by atoms with E-state index in [4.69, 9.17) is 10.5 Å². The molecule has 0 aliphatic carbocycles. The lowest BCUT2D eigenvalue weighted by Gasteiger charge is -2.22. The first kappa shape index (κ1) is 13.5. The summed E-state index contributed by atoms with van der Waals surface area (Å²) in [5.41, 5.74) is 6.98. The van der Waals surface area contributed by atoms with Gasteiger partial charge in [0.1, 0.15) is 0 Å². The van der Waals surface area contributed by atoms with Crippen LogP contribution in [0.2, 0.25) is 0 Å². The van der Waals surface area contributed by atoms with Gasteiger partial charge in [-0.25, -0.2) is 8.42 Å². The number of pyridine rings is 1. The molecule has 0 atom stereocenters. The van der Waals surface area contributed by atoms with Crippen LogP contribution in [-0.4, -0.2) is 31.9 Å². The Morgan fingerprint density at radius 3 is 2.78 bits per heavy atom. The van der Waals surface area contributed by atoms with Crippen LogP contribution in [0.3, 0.4) is 0 Å². The summed E-state index contributed by atoms with van der Waals surface area (Å²) in [6, 6.07) is 3.49. The second kappa shape index (κ2) is 5.77. The third kappa shape index (κ3) is 3.28. The first-order valence-corrected chi connectivity index (χ1v) is 7.76. The standard InChI is InChI=1S/C12H18N2O3S/c13-8-11-7-10(1-4-14-11)9-18(15,16)12-2-5-17-6-3-12/h1,4,7,12H,2-3,5-6,8-9,13H2. The Kier molecular flexibility index (Phi) is 4.31. The van der Waals surface area contributed by atoms with Crippen LogP contribution in [0, 0.1) is 0 Å². The van der Waals surface area contributed by atoms with Crippen molar-refractivity contribution in [1.29, 1.82) is 0 Å². The van der Waals surface area contributed by atoms with Crippen molar-refractivity contribution in [3.63, 3.8) is 0 Å². The van der Waals surface area contributed by atoms with Crippen LogP contribution in [0.15, 0.2) is 18.3 Å². The van der Waals surface area contributed by atoms with Gasteiger partial charge < -0.3 is 10.5 Å². The van der Waals surface area contributed by atoms with Crippen LogP contribution in [0.1, 0.15) is 24.1 Å². The molecular formula is C12H18N2O3S. The number of sulfone groups is 1. The number of hydrogen-bond donors (Lipinski definition) is 1. The highest BCUT2D eigenvalue weighted by Gasteiger charge is 2.27. The van der Waals surface area contributed by atoms with Crippen LogP contribution in [-0.2, 0) is 26.9 Å². The highest BCUT2D eigenvalue weighted by atomic mass is 32.2. The van der Waals surface area contributed by atoms with Crippen molar-refractivity contribution in [2.75, 3.05) is 13.2 Å². The fraction of sp³-hybridized carbons (Fsp3) is 0.583. The zero-order chi connectivity index (χ0) is 13.0. The molecule has 0 saturated carbocycles. The molecule has 18 heavy (non-hydrogen) atoms. The molecule has 100 valence electrons. The maximum atomic E-state index is 12.2. The molecule has 2 heterocycles. The molecule has 2 rings (SSSR count). The summed E-state index contributed by atoms with van der Waals surface area (Å²) in [6.07, 6.45) is 2.80. The van der Waals surface area contributed by atoms with Crippen molar-refractivity contribution in [3.05, 3.63) is 29.6 Å². The van der Waals surface area contributed by atoms with Crippen molar-refractivity contribution in [2.24, 2.45) is 5.73 Å². The van der Waals surface area contributed by atoms with E-state index in [9.17, 15) is 8.42 Å². The van der Waals surface area contributed by atoms with E-state index in [0.717, 1.165) is 11.3 Å². The summed E-state index contributed by atoms with van der Waals surface area (Å²) in [5.74, 6) is 0.0627. The van der Waals surface area contributed by atoms with Crippen molar-refractivity contribution in [3.8, 4) is 0 Å². The minimum Gasteiger partial charge on any atom is -0.381 e. The maximum Gasteiger partial charge on any atom is 0.157 e. The Hall–Kier alpha value is -0.980. The maximum absolute atomic E-state index is 12.2. The van der Waals surface area contributed by atoms with Crippen LogP contribution in [0.5, 0.6) is 0 Å². The van der Waals surface area contributed by atoms with Crippen LogP contribution >= 0.6 is 0 Å². The van der Waals surface area contributed by atoms with Gasteiger partial charge in [-0.3, -0.25) is 4.98 Å². The number of rotatable bonds is 4. The molecule has 5 nitrogen and oxygen atoms in total. The SMILES string of the molecule is NCc1cc(CS(=O)(=O)C2CCOCC2)ccn1. The lowest BCUT2D eigenvalue weighted by molar-refractivity contribution is 0.0983. The minimum absolute atomic E-state index is 0.0627. The molecule has 1 aromatic rings. The summed E-state index contributed by atoms with van der Waals surface area (Å²) in [5, 5.41) is -0.277. The summed E-state index contributed by atoms with van der Waals surface area (Å²) in [7, 11) is -3.11. The Morgan fingerprint density at radius 1 is 1.39 bits per heavy atom. The molecule has 1 fully saturated rings. The Morgan fingerprint density at radius 2 is 2.11 bits per heavy atom. The van der Waals surface area contributed by atoms with Gasteiger partial charge in [0.05, 0.1) is 16.7 Å². The van der Waals surface area contributed by atoms with Gasteiger partial charge in [-0.1, -0.05) is 0 Å². The minimum atomic E-state index is -3.11. The first-order chi connectivity index (χ1) is 8.62. The van der Waals surface area contributed by atoms with E-state index in [1.165, 1.54) is 0 Å². The molecular weight excluding hydrogens is 252 g/mol. The number of hydrogen-bond acceptors (Lipinski definition) is 5. The molecule has 0 unspecified atom stereocenters. The first-order valence-electron chi connectivity index (χ1n) is 6.05. The zero-order valence-corrected chi connectivity index (χ0v) is 11.0. The third-order valence-corrected chi connectivity index (χ3v) is 5.36. The third-order valence-electron chi connectivity index (χ3n) is 3.13. The van der Waals surface area contributed by atoms with Crippen molar-refractivity contribution >= 4 is 9.84 Å². The quantitative estimate of drug-likeness (QED) is 0.868. The average Bonchev–Trinajstić information content (AvgIpc) is 2.39. The number of nitrogens with two attached hydrogens (primary N) is 1. The zero-order valence-electron chi connectivity index (χ0n) is 10.2. The van der Waals surface area contributed by atoms with Gasteiger partial charge in [-0.2, -0.15) is 0 Å². The van der Waals surface area contributed by atoms with Gasteiger partial charge >= 0.3 is 0 Å². The topological polar surface area (TPSA) is 82.3 Å². The van der Waals surface area contributed by atoms with Gasteiger partial charge in [0, 0.05) is 26.0 Å². The average molecular weight is 270 g/mol. The lowest BCUT2D eigenvalue weighted by atomic mass is 10.2. The van der Waals surface area contributed by atoms with Crippen molar-refractivity contribution in [2.45, 2.75) is 30.4 Å². The van der Waals surface area contributed by atoms with Crippen LogP contribution in [0.25, 0.3) is 0 Å². The van der Waals surface area contributed by atoms with Crippen LogP contribution < -0.4 is 5.73 Å². The van der Waals surface area contributed by atoms with Gasteiger partial charge in [0.25, 0.3) is 0 Å². The van der Waals surface area contributed by atoms with Gasteiger partial charge in [-0.15, -0.1) is 0 Å². The molecule has 0 radical (unpaired) electrons. The molecule has 0 spiro atoms. The summed E-state index contributed by atoms with van der Waals surface area (Å²) in [6.45, 7) is 1.40. The molecule has 1 saturated heterocycles. The molecule has 1 aliphatic heterocycles. The van der Waals surface area contributed by atoms with E-state index in [0.29, 0.717) is 32.6 Å². The molecule has 0 amide bonds. The van der Waals surface area contributed by atoms with Crippen LogP contribution in [0.4, 0.5) is 0 Å². The van der Waals surface area contributed by atoms with Crippen molar-refractivity contribution in [1.82, 2.24) is 4.98 Å². The van der Waals surface area contributed by atoms with Gasteiger partial charge in [0.15, 0.2) is 9.84 Å². The van der Waals surface area contributed by atoms with E-state index < -0.39 is 9.84 Å². The second-order valence-corrected chi connectivity index (χ2v) is 6.76. The van der Waals surface area contributed by atoms with Gasteiger partial charge in [-0.05, 0) is 30.5 Å². The fourth-order valence-electron chi connectivity index (χ4n) is 2.11. The predicted molar refractivity (Wildman–Crippen MR) is 68.6 cm³/mol. The smallest absolute Gasteiger partial charge is 0.157 e. The molecule has 6 heteroatoms. The van der Waals surface area contributed by atoms with E-state index in [-0.39, 0.29) is 11.0 Å². The Bertz CT molecular complexity index is 496. The number of ether oxygens (including phenoxy) is 1. The summed E-state index contributed by atoms with van der Waals surface area (Å²) < 4.78 is 29.7. The highest BCUT2D eigenvalue weighted by molar-refractivity contribution is 7.91. The number of aromatic nitrogens is 1. The van der Waals surface area contributed by atoms with E-state index in [2.05, 4.69) is 4.98 Å². The molecule has 2 N–H and O–H groups in total. The highest BCUT2D eigenvalue weighted by Crippen LogP contribution is 2.20. The van der Waals surface area contributed by atoms with E-state index >= 15 is 0 Å². The molecule has 0 aromatic carbocycles.